The molecular weight excluding hydrogens is 370 g/mol. The molecule has 0 aliphatic carbocycles. The summed E-state index contributed by atoms with van der Waals surface area (Å²) in [7, 11) is 0. The molecule has 1 amide bonds. The molecule has 0 spiro atoms. The summed E-state index contributed by atoms with van der Waals surface area (Å²) in [6, 6.07) is 15.4. The Balaban J connectivity index is 1.48. The van der Waals surface area contributed by atoms with Gasteiger partial charge in [0, 0.05) is 18.5 Å². The lowest BCUT2D eigenvalue weighted by molar-refractivity contribution is -0.150. The molecule has 1 aliphatic rings. The van der Waals surface area contributed by atoms with Crippen molar-refractivity contribution in [3.8, 4) is 11.5 Å². The fraction of sp³-hybridized carbons (Fsp3) is 0.304. The summed E-state index contributed by atoms with van der Waals surface area (Å²) in [5.41, 5.74) is 1.95. The first-order chi connectivity index (χ1) is 14.1. The molecule has 0 aromatic heterocycles. The number of fused-ring (bicyclic) bond motifs is 1. The van der Waals surface area contributed by atoms with Gasteiger partial charge in [-0.15, -0.1) is 0 Å². The lowest BCUT2D eigenvalue weighted by Gasteiger charge is -2.18. The van der Waals surface area contributed by atoms with Gasteiger partial charge in [-0.2, -0.15) is 0 Å². The van der Waals surface area contributed by atoms with Crippen molar-refractivity contribution in [2.24, 2.45) is 0 Å². The zero-order chi connectivity index (χ0) is 20.6. The second-order valence-corrected chi connectivity index (χ2v) is 6.79. The zero-order valence-electron chi connectivity index (χ0n) is 16.6. The molecule has 0 bridgehead atoms. The van der Waals surface area contributed by atoms with E-state index in [1.54, 1.807) is 25.1 Å². The van der Waals surface area contributed by atoms with Crippen molar-refractivity contribution in [1.29, 1.82) is 0 Å². The molecule has 2 aromatic rings. The molecular formula is C23H25NO5. The minimum atomic E-state index is -0.878. The molecule has 0 fully saturated rings. The first-order valence-corrected chi connectivity index (χ1v) is 9.67. The summed E-state index contributed by atoms with van der Waals surface area (Å²) in [6.45, 7) is 4.33. The van der Waals surface area contributed by atoms with Crippen molar-refractivity contribution < 1.29 is 23.8 Å². The van der Waals surface area contributed by atoms with Crippen LogP contribution in [0.1, 0.15) is 37.3 Å². The highest BCUT2D eigenvalue weighted by Crippen LogP contribution is 2.32. The average Bonchev–Trinajstić information content (AvgIpc) is 3.21. The molecule has 1 N–H and O–H groups in total. The third kappa shape index (κ3) is 5.60. The smallest absolute Gasteiger partial charge is 0.331 e. The summed E-state index contributed by atoms with van der Waals surface area (Å²) >= 11 is 0. The topological polar surface area (TPSA) is 73.9 Å². The Kier molecular flexibility index (Phi) is 6.89. The molecule has 0 unspecified atom stereocenters. The number of rotatable bonds is 8. The van der Waals surface area contributed by atoms with E-state index < -0.39 is 12.1 Å². The Hall–Kier alpha value is -3.28. The molecule has 0 radical (unpaired) electrons. The van der Waals surface area contributed by atoms with Crippen LogP contribution in [0.25, 0.3) is 6.08 Å². The van der Waals surface area contributed by atoms with Crippen molar-refractivity contribution in [3.63, 3.8) is 0 Å². The van der Waals surface area contributed by atoms with E-state index in [1.165, 1.54) is 11.6 Å². The maximum absolute atomic E-state index is 12.3. The molecule has 6 heteroatoms. The predicted molar refractivity (Wildman–Crippen MR) is 110 cm³/mol. The number of ether oxygens (including phenoxy) is 3. The second-order valence-electron chi connectivity index (χ2n) is 6.79. The maximum Gasteiger partial charge on any atom is 0.331 e. The highest BCUT2D eigenvalue weighted by atomic mass is 16.7. The monoisotopic (exact) mass is 395 g/mol. The summed E-state index contributed by atoms with van der Waals surface area (Å²) < 4.78 is 15.8. The Morgan fingerprint density at radius 1 is 1.14 bits per heavy atom. The van der Waals surface area contributed by atoms with E-state index in [1.807, 2.05) is 36.4 Å². The van der Waals surface area contributed by atoms with Crippen LogP contribution in [-0.2, 0) is 14.3 Å². The van der Waals surface area contributed by atoms with Gasteiger partial charge >= 0.3 is 5.97 Å². The molecule has 29 heavy (non-hydrogen) atoms. The number of nitrogens with one attached hydrogen (secondary N) is 1. The Morgan fingerprint density at radius 2 is 1.90 bits per heavy atom. The van der Waals surface area contributed by atoms with E-state index in [2.05, 4.69) is 12.2 Å². The first kappa shape index (κ1) is 20.5. The average molecular weight is 395 g/mol. The maximum atomic E-state index is 12.3. The van der Waals surface area contributed by atoms with E-state index in [-0.39, 0.29) is 18.6 Å². The van der Waals surface area contributed by atoms with Crippen molar-refractivity contribution in [1.82, 2.24) is 5.32 Å². The van der Waals surface area contributed by atoms with Gasteiger partial charge in [0.25, 0.3) is 5.91 Å². The minimum Gasteiger partial charge on any atom is -0.454 e. The lowest BCUT2D eigenvalue weighted by atomic mass is 9.96. The van der Waals surface area contributed by atoms with Crippen molar-refractivity contribution in [2.75, 3.05) is 13.3 Å². The fourth-order valence-corrected chi connectivity index (χ4v) is 3.04. The summed E-state index contributed by atoms with van der Waals surface area (Å²) in [6.07, 6.45) is 2.92. The second kappa shape index (κ2) is 9.78. The van der Waals surface area contributed by atoms with Crippen LogP contribution in [0.2, 0.25) is 0 Å². The third-order valence-electron chi connectivity index (χ3n) is 4.76. The van der Waals surface area contributed by atoms with Gasteiger partial charge in [-0.25, -0.2) is 4.79 Å². The molecule has 2 aromatic carbocycles. The van der Waals surface area contributed by atoms with Crippen molar-refractivity contribution in [3.05, 3.63) is 65.7 Å². The van der Waals surface area contributed by atoms with Crippen LogP contribution >= 0.6 is 0 Å². The van der Waals surface area contributed by atoms with Gasteiger partial charge < -0.3 is 19.5 Å². The fourth-order valence-electron chi connectivity index (χ4n) is 3.04. The third-order valence-corrected chi connectivity index (χ3v) is 4.76. The molecule has 152 valence electrons. The molecule has 2 atom stereocenters. The van der Waals surface area contributed by atoms with Crippen molar-refractivity contribution >= 4 is 18.0 Å². The van der Waals surface area contributed by atoms with Crippen molar-refractivity contribution in [2.45, 2.75) is 32.3 Å². The number of hydrogen-bond donors (Lipinski definition) is 1. The number of amides is 1. The molecule has 0 saturated heterocycles. The minimum absolute atomic E-state index is 0.195. The van der Waals surface area contributed by atoms with E-state index in [0.29, 0.717) is 18.0 Å². The first-order valence-electron chi connectivity index (χ1n) is 9.67. The van der Waals surface area contributed by atoms with Crippen LogP contribution in [0.3, 0.4) is 0 Å². The lowest BCUT2D eigenvalue weighted by Crippen LogP contribution is -2.37. The van der Waals surface area contributed by atoms with Crippen LogP contribution in [0.4, 0.5) is 0 Å². The van der Waals surface area contributed by atoms with E-state index in [0.717, 1.165) is 12.0 Å². The number of carbonyl (C=O) groups excluding carboxylic acids is 2. The summed E-state index contributed by atoms with van der Waals surface area (Å²) in [4.78, 5) is 24.3. The van der Waals surface area contributed by atoms with Gasteiger partial charge in [-0.1, -0.05) is 43.3 Å². The number of carbonyl (C=O) groups is 2. The van der Waals surface area contributed by atoms with Gasteiger partial charge in [-0.05, 0) is 42.7 Å². The van der Waals surface area contributed by atoms with Crippen LogP contribution in [0.15, 0.2) is 54.6 Å². The SMILES string of the molecule is CC[C@@H](CNC(=O)[C@@H](C)OC(=O)/C=C/c1ccc2c(c1)OCO2)c1ccccc1. The Bertz CT molecular complexity index is 878. The molecule has 0 saturated carbocycles. The summed E-state index contributed by atoms with van der Waals surface area (Å²) in [5.74, 6) is 0.631. The summed E-state index contributed by atoms with van der Waals surface area (Å²) in [5, 5.41) is 2.87. The number of benzene rings is 2. The van der Waals surface area contributed by atoms with Crippen LogP contribution < -0.4 is 14.8 Å². The normalized spacial score (nSPS) is 14.4. The van der Waals surface area contributed by atoms with E-state index in [9.17, 15) is 9.59 Å². The van der Waals surface area contributed by atoms with Crippen LogP contribution in [-0.4, -0.2) is 31.3 Å². The van der Waals surface area contributed by atoms with Gasteiger partial charge in [-0.3, -0.25) is 4.79 Å². The standard InChI is InChI=1S/C23H25NO5/c1-3-18(19-7-5-4-6-8-19)14-24-23(26)16(2)29-22(25)12-10-17-9-11-20-21(13-17)28-15-27-20/h4-13,16,18H,3,14-15H2,1-2H3,(H,24,26)/b12-10+/t16-,18+/m1/s1. The largest absolute Gasteiger partial charge is 0.454 e. The van der Waals surface area contributed by atoms with E-state index >= 15 is 0 Å². The van der Waals surface area contributed by atoms with Gasteiger partial charge in [0.05, 0.1) is 0 Å². The highest BCUT2D eigenvalue weighted by Gasteiger charge is 2.18. The van der Waals surface area contributed by atoms with Gasteiger partial charge in [0.15, 0.2) is 17.6 Å². The van der Waals surface area contributed by atoms with Gasteiger partial charge in [0.2, 0.25) is 6.79 Å². The van der Waals surface area contributed by atoms with Gasteiger partial charge in [0.1, 0.15) is 0 Å². The van der Waals surface area contributed by atoms with Crippen LogP contribution in [0, 0.1) is 0 Å². The highest BCUT2D eigenvalue weighted by molar-refractivity contribution is 5.90. The number of esters is 1. The predicted octanol–water partition coefficient (Wildman–Crippen LogP) is 3.67. The molecule has 1 heterocycles. The number of hydrogen-bond acceptors (Lipinski definition) is 5. The molecule has 1 aliphatic heterocycles. The van der Waals surface area contributed by atoms with Crippen LogP contribution in [0.5, 0.6) is 11.5 Å². The quantitative estimate of drug-likeness (QED) is 0.545. The Morgan fingerprint density at radius 3 is 2.66 bits per heavy atom. The molecule has 6 nitrogen and oxygen atoms in total. The molecule has 3 rings (SSSR count). The Labute approximate surface area is 170 Å². The van der Waals surface area contributed by atoms with E-state index in [4.69, 9.17) is 14.2 Å². The zero-order valence-corrected chi connectivity index (χ0v) is 16.6.